The lowest BCUT2D eigenvalue weighted by molar-refractivity contribution is 0.394. The van der Waals surface area contributed by atoms with Crippen molar-refractivity contribution >= 4 is 10.0 Å². The van der Waals surface area contributed by atoms with Crippen molar-refractivity contribution in [3.8, 4) is 11.8 Å². The highest BCUT2D eigenvalue weighted by Crippen LogP contribution is 2.25. The van der Waals surface area contributed by atoms with Crippen molar-refractivity contribution in [3.05, 3.63) is 24.3 Å². The quantitative estimate of drug-likeness (QED) is 0.878. The zero-order valence-corrected chi connectivity index (χ0v) is 11.2. The van der Waals surface area contributed by atoms with Crippen molar-refractivity contribution in [2.75, 3.05) is 13.1 Å². The zero-order valence-electron chi connectivity index (χ0n) is 10.4. The molecule has 0 saturated heterocycles. The fraction of sp³-hybridized carbons (Fsp3) is 0.417. The summed E-state index contributed by atoms with van der Waals surface area (Å²) in [6.07, 6.45) is 0. The molecule has 1 aromatic rings. The van der Waals surface area contributed by atoms with Crippen LogP contribution in [0, 0.1) is 17.2 Å². The average molecular weight is 268 g/mol. The van der Waals surface area contributed by atoms with Gasteiger partial charge in [-0.25, -0.2) is 8.42 Å². The zero-order chi connectivity index (χ0) is 13.8. The summed E-state index contributed by atoms with van der Waals surface area (Å²) >= 11 is 0. The molecule has 0 heterocycles. The third-order valence-electron chi connectivity index (χ3n) is 2.53. The van der Waals surface area contributed by atoms with Crippen molar-refractivity contribution in [2.24, 2.45) is 5.92 Å². The smallest absolute Gasteiger partial charge is 0.246 e. The van der Waals surface area contributed by atoms with Crippen LogP contribution in [0.25, 0.3) is 0 Å². The Labute approximate surface area is 107 Å². The van der Waals surface area contributed by atoms with Crippen LogP contribution in [0.4, 0.5) is 0 Å². The Hall–Kier alpha value is -1.58. The van der Waals surface area contributed by atoms with Crippen molar-refractivity contribution in [1.82, 2.24) is 4.31 Å². The molecule has 0 saturated carbocycles. The van der Waals surface area contributed by atoms with Crippen LogP contribution < -0.4 is 0 Å². The maximum atomic E-state index is 12.3. The van der Waals surface area contributed by atoms with Crippen molar-refractivity contribution in [1.29, 1.82) is 5.26 Å². The second kappa shape index (κ2) is 5.85. The van der Waals surface area contributed by atoms with Gasteiger partial charge in [-0.15, -0.1) is 0 Å². The largest absolute Gasteiger partial charge is 0.507 e. The van der Waals surface area contributed by atoms with Crippen molar-refractivity contribution in [3.63, 3.8) is 0 Å². The van der Waals surface area contributed by atoms with Gasteiger partial charge in [-0.05, 0) is 19.1 Å². The predicted octanol–water partition coefficient (Wildman–Crippen LogP) is 1.56. The molecule has 1 unspecified atom stereocenters. The van der Waals surface area contributed by atoms with Gasteiger partial charge in [-0.2, -0.15) is 9.57 Å². The van der Waals surface area contributed by atoms with Crippen molar-refractivity contribution < 1.29 is 13.5 Å². The molecule has 1 rings (SSSR count). The summed E-state index contributed by atoms with van der Waals surface area (Å²) in [6.45, 7) is 3.72. The molecule has 0 radical (unpaired) electrons. The Kier molecular flexibility index (Phi) is 4.70. The molecule has 0 bridgehead atoms. The number of aromatic hydroxyl groups is 1. The number of phenols is 1. The second-order valence-electron chi connectivity index (χ2n) is 3.95. The van der Waals surface area contributed by atoms with E-state index in [1.54, 1.807) is 26.0 Å². The van der Waals surface area contributed by atoms with Gasteiger partial charge in [0.25, 0.3) is 0 Å². The molecule has 5 nitrogen and oxygen atoms in total. The standard InChI is InChI=1S/C12H16N2O3S/c1-3-14(9-10(2)8-13)18(16,17)12-7-5-4-6-11(12)15/h4-7,10,15H,3,9H2,1-2H3. The Bertz CT molecular complexity index is 549. The van der Waals surface area contributed by atoms with E-state index >= 15 is 0 Å². The minimum absolute atomic E-state index is 0.115. The third-order valence-corrected chi connectivity index (χ3v) is 4.52. The first-order valence-corrected chi connectivity index (χ1v) is 7.05. The monoisotopic (exact) mass is 268 g/mol. The van der Waals surface area contributed by atoms with Gasteiger partial charge in [0, 0.05) is 13.1 Å². The van der Waals surface area contributed by atoms with Gasteiger partial charge in [-0.3, -0.25) is 0 Å². The molecule has 1 N–H and O–H groups in total. The minimum atomic E-state index is -3.75. The average Bonchev–Trinajstić information content (AvgIpc) is 2.35. The number of nitriles is 1. The Morgan fingerprint density at radius 3 is 2.56 bits per heavy atom. The Morgan fingerprint density at radius 1 is 1.44 bits per heavy atom. The van der Waals surface area contributed by atoms with Crippen LogP contribution in [0.5, 0.6) is 5.75 Å². The number of phenolic OH excluding ortho intramolecular Hbond substituents is 1. The molecule has 0 spiro atoms. The van der Waals surface area contributed by atoms with Crippen LogP contribution in [0.3, 0.4) is 0 Å². The van der Waals surface area contributed by atoms with E-state index in [-0.39, 0.29) is 23.7 Å². The highest BCUT2D eigenvalue weighted by Gasteiger charge is 2.26. The van der Waals surface area contributed by atoms with E-state index in [4.69, 9.17) is 5.26 Å². The molecule has 0 amide bonds. The summed E-state index contributed by atoms with van der Waals surface area (Å²) < 4.78 is 25.8. The van der Waals surface area contributed by atoms with Crippen LogP contribution in [0.1, 0.15) is 13.8 Å². The lowest BCUT2D eigenvalue weighted by atomic mass is 10.2. The molecule has 1 aromatic carbocycles. The Balaban J connectivity index is 3.13. The SMILES string of the molecule is CCN(CC(C)C#N)S(=O)(=O)c1ccccc1O. The van der Waals surface area contributed by atoms with E-state index in [1.807, 2.05) is 6.07 Å². The highest BCUT2D eigenvalue weighted by atomic mass is 32.2. The van der Waals surface area contributed by atoms with Gasteiger partial charge in [0.05, 0.1) is 12.0 Å². The molecule has 98 valence electrons. The van der Waals surface area contributed by atoms with Crippen LogP contribution in [0.15, 0.2) is 29.2 Å². The summed E-state index contributed by atoms with van der Waals surface area (Å²) in [5, 5.41) is 18.4. The van der Waals surface area contributed by atoms with Gasteiger partial charge in [0.1, 0.15) is 10.6 Å². The number of benzene rings is 1. The van der Waals surface area contributed by atoms with E-state index in [1.165, 1.54) is 16.4 Å². The van der Waals surface area contributed by atoms with E-state index in [9.17, 15) is 13.5 Å². The number of hydrogen-bond donors (Lipinski definition) is 1. The maximum Gasteiger partial charge on any atom is 0.246 e. The number of hydrogen-bond acceptors (Lipinski definition) is 4. The first kappa shape index (κ1) is 14.5. The first-order chi connectivity index (χ1) is 8.43. The van der Waals surface area contributed by atoms with Crippen LogP contribution in [-0.4, -0.2) is 30.9 Å². The van der Waals surface area contributed by atoms with Crippen LogP contribution >= 0.6 is 0 Å². The van der Waals surface area contributed by atoms with Gasteiger partial charge < -0.3 is 5.11 Å². The molecule has 0 fully saturated rings. The summed E-state index contributed by atoms with van der Waals surface area (Å²) in [4.78, 5) is -0.128. The van der Waals surface area contributed by atoms with Gasteiger partial charge >= 0.3 is 0 Å². The third kappa shape index (κ3) is 3.00. The fourth-order valence-corrected chi connectivity index (χ4v) is 3.18. The normalized spacial score (nSPS) is 13.2. The summed E-state index contributed by atoms with van der Waals surface area (Å²) in [5.41, 5.74) is 0. The molecule has 0 aliphatic rings. The van der Waals surface area contributed by atoms with E-state index in [0.717, 1.165) is 0 Å². The summed E-state index contributed by atoms with van der Waals surface area (Å²) in [7, 11) is -3.75. The van der Waals surface area contributed by atoms with Gasteiger partial charge in [0.2, 0.25) is 10.0 Å². The lowest BCUT2D eigenvalue weighted by Crippen LogP contribution is -2.34. The number of para-hydroxylation sites is 1. The molecule has 0 aliphatic carbocycles. The molecule has 1 atom stereocenters. The second-order valence-corrected chi connectivity index (χ2v) is 5.86. The lowest BCUT2D eigenvalue weighted by Gasteiger charge is -2.21. The van der Waals surface area contributed by atoms with Gasteiger partial charge in [0.15, 0.2) is 0 Å². The topological polar surface area (TPSA) is 81.4 Å². The molecule has 18 heavy (non-hydrogen) atoms. The minimum Gasteiger partial charge on any atom is -0.507 e. The fourth-order valence-electron chi connectivity index (χ4n) is 1.56. The first-order valence-electron chi connectivity index (χ1n) is 5.61. The highest BCUT2D eigenvalue weighted by molar-refractivity contribution is 7.89. The van der Waals surface area contributed by atoms with Crippen molar-refractivity contribution in [2.45, 2.75) is 18.7 Å². The number of sulfonamides is 1. The van der Waals surface area contributed by atoms with Crippen LogP contribution in [0.2, 0.25) is 0 Å². The Morgan fingerprint density at radius 2 is 2.06 bits per heavy atom. The predicted molar refractivity (Wildman–Crippen MR) is 67.3 cm³/mol. The molecule has 6 heteroatoms. The van der Waals surface area contributed by atoms with Crippen LogP contribution in [-0.2, 0) is 10.0 Å². The summed E-state index contributed by atoms with van der Waals surface area (Å²) in [5.74, 6) is -0.675. The van der Waals surface area contributed by atoms with Gasteiger partial charge in [-0.1, -0.05) is 19.1 Å². The molecular formula is C12H16N2O3S. The van der Waals surface area contributed by atoms with E-state index in [2.05, 4.69) is 0 Å². The van der Waals surface area contributed by atoms with E-state index in [0.29, 0.717) is 0 Å². The van der Waals surface area contributed by atoms with E-state index < -0.39 is 15.9 Å². The molecule has 0 aliphatic heterocycles. The summed E-state index contributed by atoms with van der Waals surface area (Å²) in [6, 6.07) is 7.79. The molecular weight excluding hydrogens is 252 g/mol. The maximum absolute atomic E-state index is 12.3. The number of nitrogens with zero attached hydrogens (tertiary/aromatic N) is 2. The number of rotatable bonds is 5. The molecule has 0 aromatic heterocycles.